The highest BCUT2D eigenvalue weighted by atomic mass is 16.1. The van der Waals surface area contributed by atoms with Crippen LogP contribution in [0.5, 0.6) is 0 Å². The minimum absolute atomic E-state index is 0.116. The lowest BCUT2D eigenvalue weighted by Crippen LogP contribution is -2.31. The number of anilines is 2. The average molecular weight is 423 g/mol. The molecule has 2 heterocycles. The molecule has 1 aliphatic rings. The summed E-state index contributed by atoms with van der Waals surface area (Å²) >= 11 is 0. The molecule has 5 heteroatoms. The lowest BCUT2D eigenvalue weighted by atomic mass is 9.93. The van der Waals surface area contributed by atoms with E-state index in [0.29, 0.717) is 5.57 Å². The number of hydrogen-bond donors (Lipinski definition) is 2. The highest BCUT2D eigenvalue weighted by Gasteiger charge is 2.34. The van der Waals surface area contributed by atoms with E-state index in [9.17, 15) is 4.79 Å². The molecule has 0 radical (unpaired) electrons. The van der Waals surface area contributed by atoms with Gasteiger partial charge in [-0.2, -0.15) is 0 Å². The smallest absolute Gasteiger partial charge is 0.255 e. The normalized spacial score (nSPS) is 15.4. The Kier molecular flexibility index (Phi) is 5.02. The van der Waals surface area contributed by atoms with Crippen LogP contribution >= 0.6 is 0 Å². The molecule has 1 aliphatic heterocycles. The van der Waals surface area contributed by atoms with Crippen LogP contribution in [0.25, 0.3) is 11.0 Å². The summed E-state index contributed by atoms with van der Waals surface area (Å²) in [6.45, 7) is 6.14. The number of imidazole rings is 1. The first-order chi connectivity index (χ1) is 15.5. The number of nitrogens with one attached hydrogen (secondary N) is 2. The minimum atomic E-state index is -0.284. The highest BCUT2D eigenvalue weighted by Crippen LogP contribution is 2.39. The Morgan fingerprint density at radius 3 is 2.56 bits per heavy atom. The van der Waals surface area contributed by atoms with Crippen LogP contribution in [-0.2, 0) is 11.2 Å². The van der Waals surface area contributed by atoms with Gasteiger partial charge in [0.25, 0.3) is 5.91 Å². The largest absolute Gasteiger partial charge is 0.329 e. The van der Waals surface area contributed by atoms with Crippen LogP contribution < -0.4 is 10.6 Å². The molecule has 0 aliphatic carbocycles. The van der Waals surface area contributed by atoms with Crippen molar-refractivity contribution in [2.45, 2.75) is 33.2 Å². The molecule has 1 aromatic heterocycles. The van der Waals surface area contributed by atoms with E-state index in [2.05, 4.69) is 65.4 Å². The Morgan fingerprint density at radius 1 is 1.03 bits per heavy atom. The quantitative estimate of drug-likeness (QED) is 0.435. The topological polar surface area (TPSA) is 59.0 Å². The maximum Gasteiger partial charge on any atom is 0.255 e. The molecule has 0 spiro atoms. The molecule has 5 nitrogen and oxygen atoms in total. The molecule has 0 saturated heterocycles. The number of aromatic nitrogens is 2. The van der Waals surface area contributed by atoms with Crippen molar-refractivity contribution in [3.8, 4) is 0 Å². The van der Waals surface area contributed by atoms with E-state index in [-0.39, 0.29) is 11.9 Å². The first-order valence-corrected chi connectivity index (χ1v) is 11.0. The summed E-state index contributed by atoms with van der Waals surface area (Å²) in [5.41, 5.74) is 7.62. The van der Waals surface area contributed by atoms with Gasteiger partial charge in [0.15, 0.2) is 0 Å². The van der Waals surface area contributed by atoms with E-state index in [1.807, 2.05) is 43.3 Å². The van der Waals surface area contributed by atoms with Crippen molar-refractivity contribution in [3.05, 3.63) is 101 Å². The summed E-state index contributed by atoms with van der Waals surface area (Å²) in [6.07, 6.45) is 0.967. The van der Waals surface area contributed by atoms with Crippen molar-refractivity contribution < 1.29 is 4.79 Å². The number of amides is 1. The molecule has 0 unspecified atom stereocenters. The standard InChI is InChI=1S/C27H26N4O/c1-4-19-12-14-21(15-13-19)29-26(32)24-18(3)28-27-30-22-10-5-6-11-23(22)31(27)25(24)20-9-7-8-17(2)16-20/h5-16,25H,4H2,1-3H3,(H,28,30)(H,29,32)/t25-/m1/s1. The van der Waals surface area contributed by atoms with Crippen LogP contribution in [0.15, 0.2) is 84.1 Å². The fourth-order valence-corrected chi connectivity index (χ4v) is 4.44. The summed E-state index contributed by atoms with van der Waals surface area (Å²) in [5.74, 6) is 0.633. The van der Waals surface area contributed by atoms with E-state index < -0.39 is 0 Å². The van der Waals surface area contributed by atoms with Gasteiger partial charge >= 0.3 is 0 Å². The number of hydrogen-bond acceptors (Lipinski definition) is 3. The fraction of sp³-hybridized carbons (Fsp3) is 0.185. The van der Waals surface area contributed by atoms with Crippen LogP contribution in [0.1, 0.15) is 36.6 Å². The third-order valence-corrected chi connectivity index (χ3v) is 6.05. The second-order valence-electron chi connectivity index (χ2n) is 8.28. The van der Waals surface area contributed by atoms with Crippen LogP contribution in [0.2, 0.25) is 0 Å². The number of rotatable bonds is 4. The zero-order valence-corrected chi connectivity index (χ0v) is 18.5. The zero-order chi connectivity index (χ0) is 22.2. The Morgan fingerprint density at radius 2 is 1.81 bits per heavy atom. The third kappa shape index (κ3) is 3.46. The van der Waals surface area contributed by atoms with Gasteiger partial charge in [-0.15, -0.1) is 0 Å². The molecule has 0 fully saturated rings. The van der Waals surface area contributed by atoms with Gasteiger partial charge in [0.05, 0.1) is 22.6 Å². The molecule has 1 amide bonds. The Hall–Kier alpha value is -3.86. The molecule has 32 heavy (non-hydrogen) atoms. The first-order valence-electron chi connectivity index (χ1n) is 11.0. The van der Waals surface area contributed by atoms with Gasteiger partial charge < -0.3 is 10.6 Å². The molecule has 5 rings (SSSR count). The van der Waals surface area contributed by atoms with E-state index in [4.69, 9.17) is 4.98 Å². The van der Waals surface area contributed by atoms with Gasteiger partial charge in [0, 0.05) is 11.4 Å². The third-order valence-electron chi connectivity index (χ3n) is 6.05. The van der Waals surface area contributed by atoms with Crippen molar-refractivity contribution >= 4 is 28.6 Å². The van der Waals surface area contributed by atoms with Crippen LogP contribution in [-0.4, -0.2) is 15.5 Å². The van der Waals surface area contributed by atoms with Crippen molar-refractivity contribution in [2.24, 2.45) is 0 Å². The van der Waals surface area contributed by atoms with Gasteiger partial charge in [-0.25, -0.2) is 4.98 Å². The van der Waals surface area contributed by atoms with Crippen molar-refractivity contribution in [3.63, 3.8) is 0 Å². The van der Waals surface area contributed by atoms with Crippen LogP contribution in [0.4, 0.5) is 11.6 Å². The lowest BCUT2D eigenvalue weighted by molar-refractivity contribution is -0.113. The number of aryl methyl sites for hydroxylation is 2. The number of allylic oxidation sites excluding steroid dienone is 1. The molecule has 0 saturated carbocycles. The average Bonchev–Trinajstić information content (AvgIpc) is 3.16. The molecule has 4 aromatic rings. The van der Waals surface area contributed by atoms with Gasteiger partial charge in [-0.1, -0.05) is 61.0 Å². The summed E-state index contributed by atoms with van der Waals surface area (Å²) in [5, 5.41) is 6.48. The Labute approximate surface area is 187 Å². The zero-order valence-electron chi connectivity index (χ0n) is 18.5. The maximum atomic E-state index is 13.6. The lowest BCUT2D eigenvalue weighted by Gasteiger charge is -2.31. The number of para-hydroxylation sites is 2. The van der Waals surface area contributed by atoms with Crippen molar-refractivity contribution in [1.29, 1.82) is 0 Å². The number of carbonyl (C=O) groups excluding carboxylic acids is 1. The van der Waals surface area contributed by atoms with Crippen LogP contribution in [0, 0.1) is 6.92 Å². The molecule has 1 atom stereocenters. The Balaban J connectivity index is 1.63. The highest BCUT2D eigenvalue weighted by molar-refractivity contribution is 6.06. The summed E-state index contributed by atoms with van der Waals surface area (Å²) < 4.78 is 2.13. The van der Waals surface area contributed by atoms with Crippen LogP contribution in [0.3, 0.4) is 0 Å². The van der Waals surface area contributed by atoms with Gasteiger partial charge in [-0.05, 0) is 55.7 Å². The van der Waals surface area contributed by atoms with Gasteiger partial charge in [-0.3, -0.25) is 9.36 Å². The summed E-state index contributed by atoms with van der Waals surface area (Å²) in [4.78, 5) is 18.4. The predicted octanol–water partition coefficient (Wildman–Crippen LogP) is 5.83. The number of nitrogens with zero attached hydrogens (tertiary/aromatic N) is 2. The second-order valence-corrected chi connectivity index (χ2v) is 8.28. The van der Waals surface area contributed by atoms with Crippen molar-refractivity contribution in [2.75, 3.05) is 10.6 Å². The number of fused-ring (bicyclic) bond motifs is 3. The molecule has 0 bridgehead atoms. The first kappa shape index (κ1) is 20.1. The summed E-state index contributed by atoms with van der Waals surface area (Å²) in [6, 6.07) is 24.1. The summed E-state index contributed by atoms with van der Waals surface area (Å²) in [7, 11) is 0. The molecular formula is C27H26N4O. The van der Waals surface area contributed by atoms with Gasteiger partial charge in [0.2, 0.25) is 5.95 Å². The molecule has 3 aromatic carbocycles. The second kappa shape index (κ2) is 8.00. The molecule has 2 N–H and O–H groups in total. The molecule has 160 valence electrons. The Bertz CT molecular complexity index is 1350. The maximum absolute atomic E-state index is 13.6. The monoisotopic (exact) mass is 422 g/mol. The van der Waals surface area contributed by atoms with E-state index >= 15 is 0 Å². The van der Waals surface area contributed by atoms with E-state index in [1.54, 1.807) is 0 Å². The number of benzene rings is 3. The number of carbonyl (C=O) groups is 1. The predicted molar refractivity (Wildman–Crippen MR) is 130 cm³/mol. The molecular weight excluding hydrogens is 396 g/mol. The fourth-order valence-electron chi connectivity index (χ4n) is 4.44. The van der Waals surface area contributed by atoms with Crippen molar-refractivity contribution in [1.82, 2.24) is 9.55 Å². The van der Waals surface area contributed by atoms with Gasteiger partial charge in [0.1, 0.15) is 0 Å². The SMILES string of the molecule is CCc1ccc(NC(=O)C2=C(C)Nc3nc4ccccc4n3[C@@H]2c2cccc(C)c2)cc1. The van der Waals surface area contributed by atoms with E-state index in [1.165, 1.54) is 5.56 Å². The minimum Gasteiger partial charge on any atom is -0.329 e. The van der Waals surface area contributed by atoms with E-state index in [0.717, 1.165) is 45.9 Å².